The lowest BCUT2D eigenvalue weighted by Gasteiger charge is -2.32. The summed E-state index contributed by atoms with van der Waals surface area (Å²) in [5, 5.41) is 3.27. The second kappa shape index (κ2) is 9.57. The first-order valence-corrected chi connectivity index (χ1v) is 11.7. The molecule has 1 fully saturated rings. The number of hydrogen-bond acceptors (Lipinski definition) is 6. The molecule has 1 amide bonds. The topological polar surface area (TPSA) is 80.2 Å². The number of aryl methyl sites for hydroxylation is 2. The van der Waals surface area contributed by atoms with E-state index in [0.717, 1.165) is 67.2 Å². The van der Waals surface area contributed by atoms with Crippen molar-refractivity contribution in [1.29, 1.82) is 0 Å². The van der Waals surface area contributed by atoms with Gasteiger partial charge >= 0.3 is 0 Å². The van der Waals surface area contributed by atoms with Crippen LogP contribution in [0.1, 0.15) is 47.6 Å². The number of anilines is 2. The summed E-state index contributed by atoms with van der Waals surface area (Å²) in [7, 11) is 0. The number of hydrogen-bond donors (Lipinski definition) is 1. The molecule has 0 unspecified atom stereocenters. The lowest BCUT2D eigenvalue weighted by Crippen LogP contribution is -2.40. The number of likely N-dealkylation sites (tertiary alicyclic amines) is 1. The van der Waals surface area contributed by atoms with E-state index in [-0.39, 0.29) is 11.8 Å². The van der Waals surface area contributed by atoms with Crippen LogP contribution in [-0.2, 0) is 17.6 Å². The lowest BCUT2D eigenvalue weighted by molar-refractivity contribution is -0.131. The molecule has 33 heavy (non-hydrogen) atoms. The first-order valence-electron chi connectivity index (χ1n) is 11.7. The van der Waals surface area contributed by atoms with E-state index in [9.17, 15) is 4.79 Å². The highest BCUT2D eigenvalue weighted by atomic mass is 16.5. The summed E-state index contributed by atoms with van der Waals surface area (Å²) in [6, 6.07) is 10.1. The number of pyridine rings is 1. The standard InChI is InChI=1S/C26H29N5O2/c1-18-5-2-10-28-26(18)30-24-16-27-15-22(29-24)21-6-3-11-31(17-21)25(32)14-19-8-9-23-20(13-19)7-4-12-33-23/h2,5,8-10,13,15-16,21H,3-4,6-7,11-12,14,17H2,1H3,(H,28,29,30)/t21-/m1/s1. The van der Waals surface area contributed by atoms with E-state index in [1.165, 1.54) is 5.56 Å². The zero-order valence-electron chi connectivity index (χ0n) is 19.0. The van der Waals surface area contributed by atoms with E-state index in [2.05, 4.69) is 21.4 Å². The Bertz CT molecular complexity index is 1150. The number of ether oxygens (including phenoxy) is 1. The summed E-state index contributed by atoms with van der Waals surface area (Å²) in [5.41, 5.74) is 4.23. The van der Waals surface area contributed by atoms with Crippen molar-refractivity contribution in [1.82, 2.24) is 19.9 Å². The quantitative estimate of drug-likeness (QED) is 0.637. The van der Waals surface area contributed by atoms with Gasteiger partial charge in [0.2, 0.25) is 5.91 Å². The zero-order valence-corrected chi connectivity index (χ0v) is 19.0. The van der Waals surface area contributed by atoms with Crippen LogP contribution < -0.4 is 10.1 Å². The average Bonchev–Trinajstić information content (AvgIpc) is 2.86. The normalized spacial score (nSPS) is 17.7. The van der Waals surface area contributed by atoms with Gasteiger partial charge in [-0.05, 0) is 61.4 Å². The fourth-order valence-corrected chi connectivity index (χ4v) is 4.63. The second-order valence-corrected chi connectivity index (χ2v) is 8.87. The number of aromatic nitrogens is 3. The van der Waals surface area contributed by atoms with Crippen molar-refractivity contribution in [2.45, 2.75) is 44.9 Å². The van der Waals surface area contributed by atoms with Crippen LogP contribution in [0.3, 0.4) is 0 Å². The summed E-state index contributed by atoms with van der Waals surface area (Å²) in [5.74, 6) is 2.76. The third-order valence-corrected chi connectivity index (χ3v) is 6.43. The van der Waals surface area contributed by atoms with Gasteiger partial charge in [0.1, 0.15) is 17.4 Å². The van der Waals surface area contributed by atoms with Crippen molar-refractivity contribution in [2.24, 2.45) is 0 Å². The Balaban J connectivity index is 1.25. The van der Waals surface area contributed by atoms with E-state index in [1.54, 1.807) is 12.4 Å². The molecule has 2 aromatic heterocycles. The Morgan fingerprint density at radius 2 is 2.18 bits per heavy atom. The number of nitrogens with zero attached hydrogens (tertiary/aromatic N) is 4. The molecule has 3 aromatic rings. The number of rotatable bonds is 5. The Labute approximate surface area is 194 Å². The molecule has 7 nitrogen and oxygen atoms in total. The van der Waals surface area contributed by atoms with Crippen molar-refractivity contribution in [3.8, 4) is 5.75 Å². The third-order valence-electron chi connectivity index (χ3n) is 6.43. The Kier molecular flexibility index (Phi) is 6.19. The number of nitrogens with one attached hydrogen (secondary N) is 1. The smallest absolute Gasteiger partial charge is 0.227 e. The number of amides is 1. The first kappa shape index (κ1) is 21.4. The maximum absolute atomic E-state index is 13.1. The van der Waals surface area contributed by atoms with Crippen molar-refractivity contribution in [3.05, 3.63) is 71.3 Å². The molecule has 1 aromatic carbocycles. The van der Waals surface area contributed by atoms with Crippen LogP contribution in [0, 0.1) is 6.92 Å². The number of carbonyl (C=O) groups is 1. The van der Waals surface area contributed by atoms with Gasteiger partial charge in [0.15, 0.2) is 0 Å². The SMILES string of the molecule is Cc1cccnc1Nc1cncc([C@@H]2CCCN(C(=O)Cc3ccc4c(c3)CCCO4)C2)n1. The molecule has 2 aliphatic rings. The van der Waals surface area contributed by atoms with Crippen LogP contribution in [0.25, 0.3) is 0 Å². The van der Waals surface area contributed by atoms with Crippen molar-refractivity contribution >= 4 is 17.5 Å². The Morgan fingerprint density at radius 1 is 1.24 bits per heavy atom. The Morgan fingerprint density at radius 3 is 3.09 bits per heavy atom. The number of piperidine rings is 1. The molecule has 0 bridgehead atoms. The summed E-state index contributed by atoms with van der Waals surface area (Å²) < 4.78 is 5.70. The minimum atomic E-state index is 0.169. The third kappa shape index (κ3) is 4.97. The van der Waals surface area contributed by atoms with Crippen LogP contribution in [0.4, 0.5) is 11.6 Å². The lowest BCUT2D eigenvalue weighted by atomic mass is 9.94. The van der Waals surface area contributed by atoms with Crippen LogP contribution in [0.15, 0.2) is 48.9 Å². The van der Waals surface area contributed by atoms with Gasteiger partial charge in [-0.1, -0.05) is 18.2 Å². The molecule has 1 saturated heterocycles. The maximum atomic E-state index is 13.1. The van der Waals surface area contributed by atoms with Gasteiger partial charge in [0.25, 0.3) is 0 Å². The highest BCUT2D eigenvalue weighted by molar-refractivity contribution is 5.79. The van der Waals surface area contributed by atoms with Gasteiger partial charge in [0, 0.05) is 31.4 Å². The average molecular weight is 444 g/mol. The van der Waals surface area contributed by atoms with E-state index >= 15 is 0 Å². The molecule has 7 heteroatoms. The molecule has 1 N–H and O–H groups in total. The molecule has 5 rings (SSSR count). The van der Waals surface area contributed by atoms with Gasteiger partial charge in [-0.2, -0.15) is 0 Å². The van der Waals surface area contributed by atoms with E-state index in [1.807, 2.05) is 42.3 Å². The van der Waals surface area contributed by atoms with E-state index < -0.39 is 0 Å². The van der Waals surface area contributed by atoms with Crippen LogP contribution in [0.2, 0.25) is 0 Å². The van der Waals surface area contributed by atoms with Gasteiger partial charge in [-0.3, -0.25) is 9.78 Å². The Hall–Kier alpha value is -3.48. The minimum absolute atomic E-state index is 0.169. The van der Waals surface area contributed by atoms with Gasteiger partial charge in [0.05, 0.1) is 24.9 Å². The number of fused-ring (bicyclic) bond motifs is 1. The molecule has 4 heterocycles. The molecule has 170 valence electrons. The summed E-state index contributed by atoms with van der Waals surface area (Å²) in [6.07, 6.45) is 9.73. The maximum Gasteiger partial charge on any atom is 0.227 e. The summed E-state index contributed by atoms with van der Waals surface area (Å²) >= 11 is 0. The largest absolute Gasteiger partial charge is 0.493 e. The van der Waals surface area contributed by atoms with Gasteiger partial charge in [-0.15, -0.1) is 0 Å². The molecular weight excluding hydrogens is 414 g/mol. The van der Waals surface area contributed by atoms with Crippen LogP contribution >= 0.6 is 0 Å². The van der Waals surface area contributed by atoms with Crippen LogP contribution in [0.5, 0.6) is 5.75 Å². The minimum Gasteiger partial charge on any atom is -0.493 e. The van der Waals surface area contributed by atoms with E-state index in [4.69, 9.17) is 9.72 Å². The molecular formula is C26H29N5O2. The highest BCUT2D eigenvalue weighted by Gasteiger charge is 2.26. The van der Waals surface area contributed by atoms with Crippen LogP contribution in [-0.4, -0.2) is 45.5 Å². The monoisotopic (exact) mass is 443 g/mol. The predicted octanol–water partition coefficient (Wildman–Crippen LogP) is 4.20. The summed E-state index contributed by atoms with van der Waals surface area (Å²) in [4.78, 5) is 28.6. The zero-order chi connectivity index (χ0) is 22.6. The predicted molar refractivity (Wildman–Crippen MR) is 127 cm³/mol. The fourth-order valence-electron chi connectivity index (χ4n) is 4.63. The van der Waals surface area contributed by atoms with Crippen molar-refractivity contribution in [3.63, 3.8) is 0 Å². The summed E-state index contributed by atoms with van der Waals surface area (Å²) in [6.45, 7) is 4.25. The first-order chi connectivity index (χ1) is 16.2. The highest BCUT2D eigenvalue weighted by Crippen LogP contribution is 2.28. The van der Waals surface area contributed by atoms with Crippen molar-refractivity contribution in [2.75, 3.05) is 25.0 Å². The fraction of sp³-hybridized carbons (Fsp3) is 0.385. The molecule has 0 spiro atoms. The number of carbonyl (C=O) groups excluding carboxylic acids is 1. The second-order valence-electron chi connectivity index (χ2n) is 8.87. The molecule has 0 radical (unpaired) electrons. The number of benzene rings is 1. The molecule has 1 atom stereocenters. The molecule has 0 saturated carbocycles. The van der Waals surface area contributed by atoms with Gasteiger partial charge < -0.3 is 15.0 Å². The molecule has 0 aliphatic carbocycles. The molecule has 2 aliphatic heterocycles. The van der Waals surface area contributed by atoms with E-state index in [0.29, 0.717) is 18.8 Å². The van der Waals surface area contributed by atoms with Gasteiger partial charge in [-0.25, -0.2) is 9.97 Å². The van der Waals surface area contributed by atoms with Crippen molar-refractivity contribution < 1.29 is 9.53 Å².